The van der Waals surface area contributed by atoms with E-state index in [-0.39, 0.29) is 5.41 Å². The van der Waals surface area contributed by atoms with Crippen LogP contribution in [0.5, 0.6) is 0 Å². The van der Waals surface area contributed by atoms with Gasteiger partial charge in [0.05, 0.1) is 18.8 Å². The van der Waals surface area contributed by atoms with Crippen LogP contribution in [0.4, 0.5) is 9.93 Å². The number of oxazole rings is 1. The van der Waals surface area contributed by atoms with Crippen molar-refractivity contribution >= 4 is 34.7 Å². The van der Waals surface area contributed by atoms with Crippen molar-refractivity contribution in [2.75, 3.05) is 18.4 Å². The summed E-state index contributed by atoms with van der Waals surface area (Å²) in [6.45, 7) is 7.03. The molecule has 1 fully saturated rings. The fourth-order valence-corrected chi connectivity index (χ4v) is 3.01. The number of β-amino-alcohol motifs (C(OH)–C–C–N with tert-alkyl or cyclic N) is 1. The lowest BCUT2D eigenvalue weighted by Gasteiger charge is -2.13. The molecular formula is C17H22N4O4S. The molecule has 3 rings (SSSR count). The van der Waals surface area contributed by atoms with Crippen LogP contribution in [-0.2, 0) is 10.3 Å². The molecule has 3 heterocycles. The molecule has 0 spiro atoms. The normalized spacial score (nSPS) is 18.5. The fourth-order valence-electron chi connectivity index (χ4n) is 2.31. The molecule has 1 saturated heterocycles. The smallest absolute Gasteiger partial charge is 0.432 e. The molecule has 1 unspecified atom stereocenters. The van der Waals surface area contributed by atoms with E-state index in [0.717, 1.165) is 10.6 Å². The molecule has 1 aliphatic heterocycles. The zero-order valence-electron chi connectivity index (χ0n) is 14.9. The molecule has 8 nitrogen and oxygen atoms in total. The second-order valence-corrected chi connectivity index (χ2v) is 8.11. The van der Waals surface area contributed by atoms with Gasteiger partial charge < -0.3 is 14.4 Å². The number of aliphatic hydroxyl groups is 1. The number of hydrogen-bond acceptors (Lipinski definition) is 8. The topological polar surface area (TPSA) is 101 Å². The maximum Gasteiger partial charge on any atom is 0.432 e. The number of aromatic nitrogens is 2. The molecule has 2 N–H and O–H groups in total. The number of rotatable bonds is 4. The first-order valence-electron chi connectivity index (χ1n) is 8.32. The molecule has 1 amide bonds. The van der Waals surface area contributed by atoms with Gasteiger partial charge in [-0.25, -0.2) is 14.8 Å². The Kier molecular flexibility index (Phi) is 5.40. The Labute approximate surface area is 155 Å². The minimum absolute atomic E-state index is 0.0909. The number of nitrogens with zero attached hydrogens (tertiary/aromatic N) is 3. The number of thiazole rings is 1. The molecule has 0 saturated carbocycles. The van der Waals surface area contributed by atoms with Crippen molar-refractivity contribution in [3.8, 4) is 0 Å². The van der Waals surface area contributed by atoms with Crippen molar-refractivity contribution in [3.05, 3.63) is 28.9 Å². The van der Waals surface area contributed by atoms with Gasteiger partial charge in [0.1, 0.15) is 5.76 Å². The SMILES string of the molecule is CC(C)(C)c1cnc(/C=C/c2cnc(NC(=O)ON3CCC(O)C3)s2)o1. The Morgan fingerprint density at radius 2 is 2.23 bits per heavy atom. The largest absolute Gasteiger partial charge is 0.441 e. The predicted molar refractivity (Wildman–Crippen MR) is 98.5 cm³/mol. The van der Waals surface area contributed by atoms with Crippen LogP contribution in [0.1, 0.15) is 43.7 Å². The third-order valence-electron chi connectivity index (χ3n) is 3.72. The zero-order valence-corrected chi connectivity index (χ0v) is 15.7. The monoisotopic (exact) mass is 378 g/mol. The van der Waals surface area contributed by atoms with Crippen molar-refractivity contribution in [1.29, 1.82) is 0 Å². The minimum atomic E-state index is -0.619. The highest BCUT2D eigenvalue weighted by molar-refractivity contribution is 7.16. The first kappa shape index (κ1) is 18.6. The van der Waals surface area contributed by atoms with Crippen LogP contribution in [-0.4, -0.2) is 45.4 Å². The number of nitrogens with one attached hydrogen (secondary N) is 1. The van der Waals surface area contributed by atoms with Gasteiger partial charge in [0.15, 0.2) is 5.13 Å². The predicted octanol–water partition coefficient (Wildman–Crippen LogP) is 3.13. The average molecular weight is 378 g/mol. The van der Waals surface area contributed by atoms with Crippen LogP contribution in [0.2, 0.25) is 0 Å². The number of anilines is 1. The van der Waals surface area contributed by atoms with E-state index in [4.69, 9.17) is 9.25 Å². The quantitative estimate of drug-likeness (QED) is 0.843. The van der Waals surface area contributed by atoms with E-state index in [2.05, 4.69) is 36.1 Å². The molecule has 2 aromatic heterocycles. The van der Waals surface area contributed by atoms with E-state index < -0.39 is 12.2 Å². The number of carbonyl (C=O) groups excluding carboxylic acids is 1. The van der Waals surface area contributed by atoms with E-state index >= 15 is 0 Å². The summed E-state index contributed by atoms with van der Waals surface area (Å²) in [7, 11) is 0. The Balaban J connectivity index is 1.54. The summed E-state index contributed by atoms with van der Waals surface area (Å²) in [4.78, 5) is 26.1. The lowest BCUT2D eigenvalue weighted by atomic mass is 9.94. The number of aliphatic hydroxyl groups excluding tert-OH is 1. The van der Waals surface area contributed by atoms with E-state index in [9.17, 15) is 9.90 Å². The van der Waals surface area contributed by atoms with Gasteiger partial charge in [0, 0.05) is 29.1 Å². The van der Waals surface area contributed by atoms with Crippen molar-refractivity contribution in [3.63, 3.8) is 0 Å². The van der Waals surface area contributed by atoms with Gasteiger partial charge in [-0.3, -0.25) is 5.32 Å². The summed E-state index contributed by atoms with van der Waals surface area (Å²) in [5.41, 5.74) is -0.0909. The number of carbonyl (C=O) groups is 1. The highest BCUT2D eigenvalue weighted by atomic mass is 32.1. The van der Waals surface area contributed by atoms with Gasteiger partial charge >= 0.3 is 6.09 Å². The molecule has 0 aromatic carbocycles. The molecule has 0 aliphatic carbocycles. The lowest BCUT2D eigenvalue weighted by Crippen LogP contribution is -2.28. The maximum absolute atomic E-state index is 11.8. The molecule has 140 valence electrons. The van der Waals surface area contributed by atoms with Crippen LogP contribution in [0.25, 0.3) is 12.2 Å². The summed E-state index contributed by atoms with van der Waals surface area (Å²) in [6.07, 6.45) is 6.48. The third-order valence-corrected chi connectivity index (χ3v) is 4.60. The standard InChI is InChI=1S/C17H22N4O4S/c1-17(2,3)13-9-18-14(24-13)5-4-12-8-19-15(26-12)20-16(23)25-21-7-6-11(22)10-21/h4-5,8-9,11,22H,6-7,10H2,1-3H3,(H,19,20,23)/b5-4+. The first-order valence-corrected chi connectivity index (χ1v) is 9.13. The van der Waals surface area contributed by atoms with Crippen molar-refractivity contribution in [1.82, 2.24) is 15.0 Å². The summed E-state index contributed by atoms with van der Waals surface area (Å²) < 4.78 is 5.69. The maximum atomic E-state index is 11.8. The molecule has 1 aliphatic rings. The summed E-state index contributed by atoms with van der Waals surface area (Å²) in [5.74, 6) is 1.34. The van der Waals surface area contributed by atoms with E-state index in [0.29, 0.717) is 30.5 Å². The van der Waals surface area contributed by atoms with Crippen molar-refractivity contribution in [2.45, 2.75) is 38.7 Å². The van der Waals surface area contributed by atoms with Gasteiger partial charge in [0.2, 0.25) is 5.89 Å². The lowest BCUT2D eigenvalue weighted by molar-refractivity contribution is -0.0807. The average Bonchev–Trinajstić information content (AvgIpc) is 3.26. The van der Waals surface area contributed by atoms with Crippen molar-refractivity contribution < 1.29 is 19.2 Å². The van der Waals surface area contributed by atoms with Gasteiger partial charge in [-0.05, 0) is 12.5 Å². The molecule has 2 aromatic rings. The van der Waals surface area contributed by atoms with Crippen LogP contribution in [0.3, 0.4) is 0 Å². The van der Waals surface area contributed by atoms with E-state index in [1.807, 2.05) is 6.08 Å². The van der Waals surface area contributed by atoms with Crippen LogP contribution in [0, 0.1) is 0 Å². The Morgan fingerprint density at radius 1 is 1.42 bits per heavy atom. The molecule has 0 radical (unpaired) electrons. The van der Waals surface area contributed by atoms with Gasteiger partial charge in [-0.15, -0.1) is 5.06 Å². The van der Waals surface area contributed by atoms with E-state index in [1.165, 1.54) is 16.4 Å². The second-order valence-electron chi connectivity index (χ2n) is 7.05. The Bertz CT molecular complexity index is 793. The van der Waals surface area contributed by atoms with Gasteiger partial charge in [0.25, 0.3) is 0 Å². The Hall–Kier alpha value is -2.23. The summed E-state index contributed by atoms with van der Waals surface area (Å²) in [5, 5.41) is 13.9. The molecule has 0 bridgehead atoms. The molecular weight excluding hydrogens is 356 g/mol. The van der Waals surface area contributed by atoms with Crippen LogP contribution < -0.4 is 5.32 Å². The van der Waals surface area contributed by atoms with E-state index in [1.54, 1.807) is 18.5 Å². The fraction of sp³-hybridized carbons (Fsp3) is 0.471. The zero-order chi connectivity index (χ0) is 18.7. The number of hydrogen-bond donors (Lipinski definition) is 2. The third kappa shape index (κ3) is 4.90. The van der Waals surface area contributed by atoms with Crippen molar-refractivity contribution in [2.24, 2.45) is 0 Å². The summed E-state index contributed by atoms with van der Waals surface area (Å²) >= 11 is 1.30. The first-order chi connectivity index (χ1) is 12.3. The minimum Gasteiger partial charge on any atom is -0.441 e. The van der Waals surface area contributed by atoms with Gasteiger partial charge in [-0.1, -0.05) is 32.1 Å². The Morgan fingerprint density at radius 3 is 2.88 bits per heavy atom. The van der Waals surface area contributed by atoms with Crippen LogP contribution >= 0.6 is 11.3 Å². The number of amides is 1. The molecule has 9 heteroatoms. The van der Waals surface area contributed by atoms with Crippen LogP contribution in [0.15, 0.2) is 16.8 Å². The highest BCUT2D eigenvalue weighted by Crippen LogP contribution is 2.24. The highest BCUT2D eigenvalue weighted by Gasteiger charge is 2.24. The number of hydroxylamine groups is 2. The molecule has 26 heavy (non-hydrogen) atoms. The second kappa shape index (κ2) is 7.56. The van der Waals surface area contributed by atoms with Gasteiger partial charge in [-0.2, -0.15) is 0 Å². The molecule has 1 atom stereocenters. The summed E-state index contributed by atoms with van der Waals surface area (Å²) in [6, 6.07) is 0.